The first kappa shape index (κ1) is 19.9. The smallest absolute Gasteiger partial charge is 0.308 e. The minimum absolute atomic E-state index is 0.390. The Morgan fingerprint density at radius 2 is 2.00 bits per heavy atom. The molecule has 4 heteroatoms. The van der Waals surface area contributed by atoms with Crippen LogP contribution in [0.1, 0.15) is 70.2 Å². The summed E-state index contributed by atoms with van der Waals surface area (Å²) in [4.78, 5) is 16.2. The second kappa shape index (κ2) is 9.94. The predicted molar refractivity (Wildman–Crippen MR) is 104 cm³/mol. The third kappa shape index (κ3) is 5.06. The van der Waals surface area contributed by atoms with Gasteiger partial charge in [0.25, 0.3) is 0 Å². The lowest BCUT2D eigenvalue weighted by molar-refractivity contribution is -0.131. The molecule has 1 heterocycles. The fourth-order valence-electron chi connectivity index (χ4n) is 2.94. The molecule has 0 bridgehead atoms. The number of carbonyl (C=O) groups excluding carboxylic acids is 1. The molecule has 1 unspecified atom stereocenters. The number of carbonyl (C=O) groups is 1. The molecule has 138 valence electrons. The number of fused-ring (bicyclic) bond motifs is 1. The Labute approximate surface area is 155 Å². The van der Waals surface area contributed by atoms with Crippen molar-refractivity contribution in [1.29, 1.82) is 0 Å². The number of ether oxygens (including phenoxy) is 1. The van der Waals surface area contributed by atoms with E-state index < -0.39 is 12.1 Å². The molecule has 0 saturated heterocycles. The van der Waals surface area contributed by atoms with Gasteiger partial charge in [0, 0.05) is 24.3 Å². The van der Waals surface area contributed by atoms with Crippen LogP contribution in [0.15, 0.2) is 24.3 Å². The van der Waals surface area contributed by atoms with Gasteiger partial charge in [0.2, 0.25) is 0 Å². The van der Waals surface area contributed by atoms with Crippen molar-refractivity contribution >= 4 is 16.9 Å². The molecule has 0 spiro atoms. The van der Waals surface area contributed by atoms with Gasteiger partial charge < -0.3 is 9.84 Å². The number of esters is 1. The maximum atomic E-state index is 11.6. The van der Waals surface area contributed by atoms with E-state index in [1.165, 1.54) is 19.8 Å². The molecule has 1 N–H and O–H groups in total. The van der Waals surface area contributed by atoms with Crippen molar-refractivity contribution in [3.8, 4) is 17.6 Å². The Morgan fingerprint density at radius 1 is 1.23 bits per heavy atom. The van der Waals surface area contributed by atoms with E-state index in [9.17, 15) is 9.90 Å². The first-order chi connectivity index (χ1) is 12.6. The zero-order valence-electron chi connectivity index (χ0n) is 15.8. The maximum absolute atomic E-state index is 11.6. The average Bonchev–Trinajstić information content (AvgIpc) is 2.63. The van der Waals surface area contributed by atoms with Gasteiger partial charge in [0.1, 0.15) is 5.75 Å². The fourth-order valence-corrected chi connectivity index (χ4v) is 2.94. The molecule has 0 radical (unpaired) electrons. The Balaban J connectivity index is 2.36. The molecule has 2 aromatic rings. The van der Waals surface area contributed by atoms with Crippen molar-refractivity contribution in [2.45, 2.75) is 65.4 Å². The molecule has 2 rings (SSSR count). The van der Waals surface area contributed by atoms with Crippen molar-refractivity contribution in [3.05, 3.63) is 35.5 Å². The highest BCUT2D eigenvalue weighted by atomic mass is 16.5. The van der Waals surface area contributed by atoms with Crippen LogP contribution in [-0.2, 0) is 11.2 Å². The van der Waals surface area contributed by atoms with E-state index in [1.807, 2.05) is 31.2 Å². The summed E-state index contributed by atoms with van der Waals surface area (Å²) in [5, 5.41) is 11.3. The molecule has 1 aromatic heterocycles. The summed E-state index contributed by atoms with van der Waals surface area (Å²) >= 11 is 0. The van der Waals surface area contributed by atoms with Gasteiger partial charge >= 0.3 is 5.97 Å². The number of hydrogen-bond acceptors (Lipinski definition) is 4. The number of pyridine rings is 1. The molecule has 26 heavy (non-hydrogen) atoms. The zero-order valence-corrected chi connectivity index (χ0v) is 15.8. The van der Waals surface area contributed by atoms with Crippen LogP contribution in [0.2, 0.25) is 0 Å². The molecule has 0 amide bonds. The number of aromatic nitrogens is 1. The Morgan fingerprint density at radius 3 is 2.69 bits per heavy atom. The molecule has 0 aliphatic heterocycles. The van der Waals surface area contributed by atoms with Crippen molar-refractivity contribution in [2.75, 3.05) is 0 Å². The lowest BCUT2D eigenvalue weighted by Gasteiger charge is -2.16. The number of hydrogen-bond donors (Lipinski definition) is 1. The van der Waals surface area contributed by atoms with E-state index in [4.69, 9.17) is 4.74 Å². The number of benzene rings is 1. The van der Waals surface area contributed by atoms with Crippen molar-refractivity contribution in [1.82, 2.24) is 4.98 Å². The lowest BCUT2D eigenvalue weighted by Crippen LogP contribution is -2.10. The number of unbranched alkanes of at least 4 members (excludes halogenated alkanes) is 4. The highest BCUT2D eigenvalue weighted by Crippen LogP contribution is 2.34. The summed E-state index contributed by atoms with van der Waals surface area (Å²) in [6.07, 6.45) is 4.96. The predicted octanol–water partition coefficient (Wildman–Crippen LogP) is 4.73. The van der Waals surface area contributed by atoms with Crippen LogP contribution in [0.5, 0.6) is 5.75 Å². The average molecular weight is 353 g/mol. The van der Waals surface area contributed by atoms with Gasteiger partial charge in [0.05, 0.1) is 11.2 Å². The summed E-state index contributed by atoms with van der Waals surface area (Å²) in [5.41, 5.74) is 1.88. The number of aliphatic hydroxyl groups excluding tert-OH is 1. The maximum Gasteiger partial charge on any atom is 0.308 e. The number of nitrogens with zero attached hydrogens (tertiary/aromatic N) is 1. The monoisotopic (exact) mass is 353 g/mol. The molecule has 1 aromatic carbocycles. The quantitative estimate of drug-likeness (QED) is 0.444. The molecule has 0 fully saturated rings. The van der Waals surface area contributed by atoms with Crippen LogP contribution in [0.4, 0.5) is 0 Å². The van der Waals surface area contributed by atoms with Crippen LogP contribution >= 0.6 is 0 Å². The van der Waals surface area contributed by atoms with Crippen LogP contribution in [0.25, 0.3) is 10.9 Å². The van der Waals surface area contributed by atoms with E-state index in [0.717, 1.165) is 30.2 Å². The highest BCUT2D eigenvalue weighted by Gasteiger charge is 2.20. The number of aliphatic hydroxyl groups is 1. The van der Waals surface area contributed by atoms with E-state index in [2.05, 4.69) is 23.7 Å². The van der Waals surface area contributed by atoms with Gasteiger partial charge in [-0.05, 0) is 25.0 Å². The molecule has 0 aliphatic carbocycles. The summed E-state index contributed by atoms with van der Waals surface area (Å²) in [6.45, 7) is 5.50. The van der Waals surface area contributed by atoms with Crippen LogP contribution < -0.4 is 4.74 Å². The fraction of sp³-hybridized carbons (Fsp3) is 0.455. The highest BCUT2D eigenvalue weighted by molar-refractivity contribution is 5.89. The summed E-state index contributed by atoms with van der Waals surface area (Å²) in [7, 11) is 0. The van der Waals surface area contributed by atoms with Crippen molar-refractivity contribution in [3.63, 3.8) is 0 Å². The second-order valence-electron chi connectivity index (χ2n) is 6.30. The Hall–Kier alpha value is -2.38. The van der Waals surface area contributed by atoms with E-state index in [0.29, 0.717) is 23.4 Å². The minimum atomic E-state index is -0.991. The van der Waals surface area contributed by atoms with Gasteiger partial charge in [-0.15, -0.1) is 5.92 Å². The van der Waals surface area contributed by atoms with E-state index >= 15 is 0 Å². The van der Waals surface area contributed by atoms with E-state index in [1.54, 1.807) is 0 Å². The zero-order chi connectivity index (χ0) is 18.9. The van der Waals surface area contributed by atoms with Crippen LogP contribution in [0.3, 0.4) is 0 Å². The Bertz CT molecular complexity index is 817. The van der Waals surface area contributed by atoms with Gasteiger partial charge in [-0.2, -0.15) is 0 Å². The molecular formula is C22H27NO3. The normalized spacial score (nSPS) is 11.7. The van der Waals surface area contributed by atoms with Crippen molar-refractivity contribution in [2.24, 2.45) is 0 Å². The summed E-state index contributed by atoms with van der Waals surface area (Å²) < 4.78 is 5.47. The largest absolute Gasteiger partial charge is 0.426 e. The summed E-state index contributed by atoms with van der Waals surface area (Å²) in [6, 6.07) is 7.46. The number of rotatable bonds is 7. The van der Waals surface area contributed by atoms with Gasteiger partial charge in [-0.3, -0.25) is 4.79 Å². The van der Waals surface area contributed by atoms with E-state index in [-0.39, 0.29) is 0 Å². The number of para-hydroxylation sites is 1. The van der Waals surface area contributed by atoms with Crippen LogP contribution in [0, 0.1) is 11.8 Å². The SMILES string of the molecule is CCCCCCC#CC(O)c1nc2ccccc2c(OC(C)=O)c1CC. The summed E-state index contributed by atoms with van der Waals surface area (Å²) in [5.74, 6) is 6.04. The molecule has 4 nitrogen and oxygen atoms in total. The van der Waals surface area contributed by atoms with Gasteiger partial charge in [-0.25, -0.2) is 4.98 Å². The molecule has 0 aliphatic rings. The lowest BCUT2D eigenvalue weighted by atomic mass is 10.0. The minimum Gasteiger partial charge on any atom is -0.426 e. The van der Waals surface area contributed by atoms with Crippen molar-refractivity contribution < 1.29 is 14.6 Å². The first-order valence-electron chi connectivity index (χ1n) is 9.34. The third-order valence-corrected chi connectivity index (χ3v) is 4.23. The van der Waals surface area contributed by atoms with Crippen LogP contribution in [-0.4, -0.2) is 16.1 Å². The topological polar surface area (TPSA) is 59.4 Å². The molecule has 0 saturated carbocycles. The third-order valence-electron chi connectivity index (χ3n) is 4.23. The molecule has 1 atom stereocenters. The Kier molecular flexibility index (Phi) is 7.62. The van der Waals surface area contributed by atoms with Gasteiger partial charge in [-0.1, -0.05) is 51.2 Å². The van der Waals surface area contributed by atoms with Gasteiger partial charge in [0.15, 0.2) is 6.10 Å². The first-order valence-corrected chi connectivity index (χ1v) is 9.34. The standard InChI is InChI=1S/C22H27NO3/c1-4-6-7-8-9-10-15-20(25)21-17(5-2)22(26-16(3)24)18-13-11-12-14-19(18)23-21/h11-14,20,25H,4-9H2,1-3H3. The molecular weight excluding hydrogens is 326 g/mol. The second-order valence-corrected chi connectivity index (χ2v) is 6.30.